The molecule has 128 valence electrons. The summed E-state index contributed by atoms with van der Waals surface area (Å²) >= 11 is 5.94. The van der Waals surface area contributed by atoms with Crippen molar-refractivity contribution in [1.82, 2.24) is 9.80 Å². The summed E-state index contributed by atoms with van der Waals surface area (Å²) in [6, 6.07) is 7.77. The van der Waals surface area contributed by atoms with Gasteiger partial charge in [0.15, 0.2) is 0 Å². The number of likely N-dealkylation sites (tertiary alicyclic amines) is 1. The summed E-state index contributed by atoms with van der Waals surface area (Å²) in [5.41, 5.74) is 0. The molecule has 0 N–H and O–H groups in total. The highest BCUT2D eigenvalue weighted by molar-refractivity contribution is 6.30. The lowest BCUT2D eigenvalue weighted by Crippen LogP contribution is -2.46. The van der Waals surface area contributed by atoms with Gasteiger partial charge in [-0.25, -0.2) is 0 Å². The molecular weight excluding hydrogens is 312 g/mol. The molecule has 1 aromatic carbocycles. The van der Waals surface area contributed by atoms with Crippen molar-refractivity contribution in [3.8, 4) is 5.75 Å². The van der Waals surface area contributed by atoms with Crippen LogP contribution >= 0.6 is 11.6 Å². The Morgan fingerprint density at radius 3 is 2.91 bits per heavy atom. The molecule has 0 saturated carbocycles. The minimum Gasteiger partial charge on any atom is -0.492 e. The second-order valence-electron chi connectivity index (χ2n) is 6.61. The molecular formula is C18H27ClN2O2. The van der Waals surface area contributed by atoms with Crippen LogP contribution in [0.4, 0.5) is 0 Å². The molecule has 0 bridgehead atoms. The lowest BCUT2D eigenvalue weighted by molar-refractivity contribution is -0.136. The third-order valence-electron chi connectivity index (χ3n) is 4.27. The van der Waals surface area contributed by atoms with E-state index in [9.17, 15) is 4.79 Å². The number of benzene rings is 1. The van der Waals surface area contributed by atoms with Crippen molar-refractivity contribution >= 4 is 17.5 Å². The zero-order chi connectivity index (χ0) is 16.8. The number of piperidine rings is 1. The summed E-state index contributed by atoms with van der Waals surface area (Å²) in [5, 5.41) is 0.691. The first kappa shape index (κ1) is 18.1. The van der Waals surface area contributed by atoms with Gasteiger partial charge in [-0.05, 0) is 51.4 Å². The predicted octanol–water partition coefficient (Wildman–Crippen LogP) is 3.30. The highest BCUT2D eigenvalue weighted by atomic mass is 35.5. The molecule has 0 aliphatic carbocycles. The quantitative estimate of drug-likeness (QED) is 0.764. The van der Waals surface area contributed by atoms with E-state index in [4.69, 9.17) is 16.3 Å². The van der Waals surface area contributed by atoms with E-state index in [1.54, 1.807) is 0 Å². The number of ether oxygens (including phenoxy) is 1. The third-order valence-corrected chi connectivity index (χ3v) is 4.51. The normalized spacial score (nSPS) is 18.8. The monoisotopic (exact) mass is 338 g/mol. The first-order chi connectivity index (χ1) is 11.0. The van der Waals surface area contributed by atoms with Gasteiger partial charge >= 0.3 is 0 Å². The number of amides is 1. The van der Waals surface area contributed by atoms with Crippen molar-refractivity contribution in [3.05, 3.63) is 29.3 Å². The summed E-state index contributed by atoms with van der Waals surface area (Å²) < 4.78 is 5.73. The first-order valence-electron chi connectivity index (χ1n) is 8.32. The Morgan fingerprint density at radius 1 is 1.43 bits per heavy atom. The van der Waals surface area contributed by atoms with Crippen molar-refractivity contribution < 1.29 is 9.53 Å². The molecule has 1 aliphatic rings. The van der Waals surface area contributed by atoms with Crippen LogP contribution in [0.15, 0.2) is 24.3 Å². The van der Waals surface area contributed by atoms with Crippen LogP contribution in [-0.4, -0.2) is 55.0 Å². The molecule has 0 aromatic heterocycles. The molecule has 2 rings (SSSR count). The number of rotatable bonds is 7. The number of hydrogen-bond donors (Lipinski definition) is 0. The summed E-state index contributed by atoms with van der Waals surface area (Å²) in [5.74, 6) is 1.65. The Hall–Kier alpha value is -1.26. The maximum absolute atomic E-state index is 11.9. The van der Waals surface area contributed by atoms with Gasteiger partial charge in [0.25, 0.3) is 0 Å². The summed E-state index contributed by atoms with van der Waals surface area (Å²) in [7, 11) is 2.11. The van der Waals surface area contributed by atoms with Crippen LogP contribution in [-0.2, 0) is 4.79 Å². The Kier molecular flexibility index (Phi) is 6.72. The fraction of sp³-hybridized carbons (Fsp3) is 0.611. The van der Waals surface area contributed by atoms with Crippen LogP contribution in [0.3, 0.4) is 0 Å². The molecule has 1 saturated heterocycles. The van der Waals surface area contributed by atoms with Gasteiger partial charge in [0.1, 0.15) is 12.4 Å². The van der Waals surface area contributed by atoms with Crippen molar-refractivity contribution in [2.75, 3.05) is 33.3 Å². The van der Waals surface area contributed by atoms with Gasteiger partial charge in [-0.3, -0.25) is 4.79 Å². The molecule has 1 amide bonds. The second-order valence-corrected chi connectivity index (χ2v) is 7.05. The first-order valence-corrected chi connectivity index (χ1v) is 8.70. The molecule has 0 radical (unpaired) electrons. The van der Waals surface area contributed by atoms with Gasteiger partial charge in [-0.1, -0.05) is 17.7 Å². The van der Waals surface area contributed by atoms with E-state index in [0.29, 0.717) is 35.9 Å². The Bertz CT molecular complexity index is 521. The minimum atomic E-state index is 0.293. The standard InChI is InChI=1S/C18H27ClN2O2/c1-14(2)21-13-15(7-8-18(21)22)12-20(3)9-10-23-17-6-4-5-16(19)11-17/h4-6,11,14-15H,7-10,12-13H2,1-3H3. The molecule has 4 nitrogen and oxygen atoms in total. The summed E-state index contributed by atoms with van der Waals surface area (Å²) in [6.45, 7) is 7.53. The maximum atomic E-state index is 11.9. The van der Waals surface area contributed by atoms with E-state index in [1.165, 1.54) is 0 Å². The zero-order valence-electron chi connectivity index (χ0n) is 14.3. The van der Waals surface area contributed by atoms with Gasteiger partial charge < -0.3 is 14.5 Å². The summed E-state index contributed by atoms with van der Waals surface area (Å²) in [4.78, 5) is 16.2. The average Bonchev–Trinajstić information content (AvgIpc) is 2.49. The van der Waals surface area contributed by atoms with Crippen molar-refractivity contribution in [2.45, 2.75) is 32.7 Å². The van der Waals surface area contributed by atoms with E-state index >= 15 is 0 Å². The summed E-state index contributed by atoms with van der Waals surface area (Å²) in [6.07, 6.45) is 1.66. The Morgan fingerprint density at radius 2 is 2.22 bits per heavy atom. The number of carbonyl (C=O) groups excluding carboxylic acids is 1. The van der Waals surface area contributed by atoms with Crippen molar-refractivity contribution in [3.63, 3.8) is 0 Å². The number of nitrogens with zero attached hydrogens (tertiary/aromatic N) is 2. The molecule has 1 heterocycles. The molecule has 1 atom stereocenters. The Labute approximate surface area is 144 Å². The van der Waals surface area contributed by atoms with E-state index < -0.39 is 0 Å². The van der Waals surface area contributed by atoms with Crippen molar-refractivity contribution in [2.24, 2.45) is 5.92 Å². The van der Waals surface area contributed by atoms with Crippen LogP contribution in [0.1, 0.15) is 26.7 Å². The van der Waals surface area contributed by atoms with Gasteiger partial charge in [0, 0.05) is 37.1 Å². The molecule has 5 heteroatoms. The van der Waals surface area contributed by atoms with Crippen LogP contribution in [0, 0.1) is 5.92 Å². The van der Waals surface area contributed by atoms with Crippen LogP contribution < -0.4 is 4.74 Å². The van der Waals surface area contributed by atoms with Gasteiger partial charge in [-0.15, -0.1) is 0 Å². The molecule has 23 heavy (non-hydrogen) atoms. The van der Waals surface area contributed by atoms with Gasteiger partial charge in [0.2, 0.25) is 5.91 Å². The van der Waals surface area contributed by atoms with E-state index in [-0.39, 0.29) is 0 Å². The molecule has 1 aromatic rings. The smallest absolute Gasteiger partial charge is 0.222 e. The highest BCUT2D eigenvalue weighted by Crippen LogP contribution is 2.20. The van der Waals surface area contributed by atoms with Crippen molar-refractivity contribution in [1.29, 1.82) is 0 Å². The molecule has 1 unspecified atom stereocenters. The topological polar surface area (TPSA) is 32.8 Å². The zero-order valence-corrected chi connectivity index (χ0v) is 15.1. The highest BCUT2D eigenvalue weighted by Gasteiger charge is 2.27. The minimum absolute atomic E-state index is 0.293. The number of halogens is 1. The fourth-order valence-corrected chi connectivity index (χ4v) is 3.18. The average molecular weight is 339 g/mol. The lowest BCUT2D eigenvalue weighted by Gasteiger charge is -2.37. The van der Waals surface area contributed by atoms with E-state index in [0.717, 1.165) is 31.8 Å². The maximum Gasteiger partial charge on any atom is 0.222 e. The van der Waals surface area contributed by atoms with Crippen LogP contribution in [0.25, 0.3) is 0 Å². The van der Waals surface area contributed by atoms with Crippen LogP contribution in [0.2, 0.25) is 5.02 Å². The number of carbonyl (C=O) groups is 1. The number of likely N-dealkylation sites (N-methyl/N-ethyl adjacent to an activating group) is 1. The third kappa shape index (κ3) is 5.70. The van der Waals surface area contributed by atoms with Gasteiger partial charge in [0.05, 0.1) is 0 Å². The SMILES string of the molecule is CC(C)N1CC(CN(C)CCOc2cccc(Cl)c2)CCC1=O. The van der Waals surface area contributed by atoms with Gasteiger partial charge in [-0.2, -0.15) is 0 Å². The fourth-order valence-electron chi connectivity index (χ4n) is 3.00. The lowest BCUT2D eigenvalue weighted by atomic mass is 9.96. The second kappa shape index (κ2) is 8.55. The molecule has 1 fully saturated rings. The molecule has 0 spiro atoms. The van der Waals surface area contributed by atoms with E-state index in [2.05, 4.69) is 25.8 Å². The number of hydrogen-bond acceptors (Lipinski definition) is 3. The van der Waals surface area contributed by atoms with Crippen LogP contribution in [0.5, 0.6) is 5.75 Å². The largest absolute Gasteiger partial charge is 0.492 e. The predicted molar refractivity (Wildman–Crippen MR) is 94.0 cm³/mol. The Balaban J connectivity index is 1.72. The molecule has 1 aliphatic heterocycles. The van der Waals surface area contributed by atoms with E-state index in [1.807, 2.05) is 29.2 Å².